The minimum atomic E-state index is -0.307. The molecule has 1 saturated carbocycles. The number of carbonyl (C=O) groups is 1. The Balaban J connectivity index is 1.81. The lowest BCUT2D eigenvalue weighted by atomic mass is 9.77. The van der Waals surface area contributed by atoms with Gasteiger partial charge in [0.15, 0.2) is 0 Å². The van der Waals surface area contributed by atoms with Crippen LogP contribution in [0.2, 0.25) is 0 Å². The molecule has 1 aromatic carbocycles. The van der Waals surface area contributed by atoms with E-state index in [1.54, 1.807) is 0 Å². The Kier molecular flexibility index (Phi) is 2.78. The number of carbonyl (C=O) groups excluding carboxylic acids is 1. The van der Waals surface area contributed by atoms with Gasteiger partial charge in [-0.15, -0.1) is 0 Å². The predicted octanol–water partition coefficient (Wildman–Crippen LogP) is 2.53. The van der Waals surface area contributed by atoms with E-state index in [0.717, 1.165) is 12.6 Å². The van der Waals surface area contributed by atoms with Gasteiger partial charge in [0.25, 0.3) is 0 Å². The molecule has 1 saturated heterocycles. The van der Waals surface area contributed by atoms with Crippen LogP contribution in [0.4, 0.5) is 5.69 Å². The highest BCUT2D eigenvalue weighted by molar-refractivity contribution is 7.99. The number of rotatable bonds is 2. The quantitative estimate of drug-likeness (QED) is 0.909. The number of fused-ring (bicyclic) bond motifs is 2. The van der Waals surface area contributed by atoms with Crippen molar-refractivity contribution in [1.82, 2.24) is 0 Å². The van der Waals surface area contributed by atoms with Crippen molar-refractivity contribution in [2.75, 3.05) is 23.0 Å². The highest BCUT2D eigenvalue weighted by Crippen LogP contribution is 2.51. The van der Waals surface area contributed by atoms with Crippen LogP contribution in [-0.2, 0) is 5.41 Å². The average Bonchev–Trinajstić information content (AvgIpc) is 3.26. The van der Waals surface area contributed by atoms with E-state index in [-0.39, 0.29) is 11.3 Å². The molecule has 3 nitrogen and oxygen atoms in total. The summed E-state index contributed by atoms with van der Waals surface area (Å²) in [4.78, 5) is 14.1. The molecule has 2 heterocycles. The standard InChI is InChI=1S/C16H20N2OS/c17-15(19)11-1-4-14-13(9-11)16(5-7-20-8-6-16)10-18(14)12-2-3-12/h1,4,9,12H,2-3,5-8,10H2,(H2,17,19). The number of amides is 1. The number of hydrogen-bond acceptors (Lipinski definition) is 3. The fourth-order valence-electron chi connectivity index (χ4n) is 3.76. The second-order valence-corrected chi connectivity index (χ2v) is 7.57. The second kappa shape index (κ2) is 4.42. The molecule has 0 aromatic heterocycles. The Labute approximate surface area is 123 Å². The minimum absolute atomic E-state index is 0.272. The van der Waals surface area contributed by atoms with Crippen LogP contribution in [-0.4, -0.2) is 30.0 Å². The van der Waals surface area contributed by atoms with Crippen LogP contribution in [0.1, 0.15) is 41.6 Å². The smallest absolute Gasteiger partial charge is 0.248 e. The summed E-state index contributed by atoms with van der Waals surface area (Å²) in [5, 5.41) is 0. The van der Waals surface area contributed by atoms with Gasteiger partial charge < -0.3 is 10.6 Å². The number of hydrogen-bond donors (Lipinski definition) is 1. The lowest BCUT2D eigenvalue weighted by molar-refractivity contribution is 0.1000. The van der Waals surface area contributed by atoms with E-state index < -0.39 is 0 Å². The Morgan fingerprint density at radius 1 is 1.30 bits per heavy atom. The molecule has 4 rings (SSSR count). The average molecular weight is 288 g/mol. The molecule has 0 atom stereocenters. The van der Waals surface area contributed by atoms with Crippen LogP contribution >= 0.6 is 11.8 Å². The van der Waals surface area contributed by atoms with E-state index in [4.69, 9.17) is 5.73 Å². The van der Waals surface area contributed by atoms with Gasteiger partial charge in [-0.25, -0.2) is 0 Å². The number of nitrogens with two attached hydrogens (primary N) is 1. The van der Waals surface area contributed by atoms with Crippen LogP contribution in [0.3, 0.4) is 0 Å². The summed E-state index contributed by atoms with van der Waals surface area (Å²) in [5.41, 5.74) is 9.17. The summed E-state index contributed by atoms with van der Waals surface area (Å²) in [6, 6.07) is 6.84. The maximum absolute atomic E-state index is 11.5. The molecule has 3 aliphatic rings. The second-order valence-electron chi connectivity index (χ2n) is 6.35. The molecule has 2 N–H and O–H groups in total. The van der Waals surface area contributed by atoms with Crippen molar-refractivity contribution in [3.8, 4) is 0 Å². The van der Waals surface area contributed by atoms with Crippen molar-refractivity contribution in [1.29, 1.82) is 0 Å². The molecule has 1 spiro atoms. The molecule has 0 unspecified atom stereocenters. The fourth-order valence-corrected chi connectivity index (χ4v) is 5.04. The molecule has 0 radical (unpaired) electrons. The molecule has 0 bridgehead atoms. The maximum atomic E-state index is 11.5. The van der Waals surface area contributed by atoms with E-state index in [1.807, 2.05) is 6.07 Å². The Hall–Kier alpha value is -1.16. The van der Waals surface area contributed by atoms with Crippen molar-refractivity contribution in [2.24, 2.45) is 5.73 Å². The zero-order chi connectivity index (χ0) is 13.7. The number of anilines is 1. The fraction of sp³-hybridized carbons (Fsp3) is 0.562. The van der Waals surface area contributed by atoms with Gasteiger partial charge in [0, 0.05) is 29.3 Å². The number of thioether (sulfide) groups is 1. The van der Waals surface area contributed by atoms with Gasteiger partial charge in [-0.1, -0.05) is 0 Å². The topological polar surface area (TPSA) is 46.3 Å². The van der Waals surface area contributed by atoms with Crippen LogP contribution in [0.15, 0.2) is 18.2 Å². The zero-order valence-electron chi connectivity index (χ0n) is 11.6. The lowest BCUT2D eigenvalue weighted by Crippen LogP contribution is -2.37. The Morgan fingerprint density at radius 3 is 2.70 bits per heavy atom. The van der Waals surface area contributed by atoms with Crippen LogP contribution in [0.25, 0.3) is 0 Å². The summed E-state index contributed by atoms with van der Waals surface area (Å²) in [5.74, 6) is 2.16. The summed E-state index contributed by atoms with van der Waals surface area (Å²) in [7, 11) is 0. The highest BCUT2D eigenvalue weighted by Gasteiger charge is 2.47. The van der Waals surface area contributed by atoms with Gasteiger partial charge in [-0.05, 0) is 61.0 Å². The van der Waals surface area contributed by atoms with Gasteiger partial charge in [0.05, 0.1) is 0 Å². The number of nitrogens with zero attached hydrogens (tertiary/aromatic N) is 1. The van der Waals surface area contributed by atoms with Crippen molar-refractivity contribution >= 4 is 23.4 Å². The van der Waals surface area contributed by atoms with Gasteiger partial charge in [0.1, 0.15) is 0 Å². The minimum Gasteiger partial charge on any atom is -0.367 e. The number of benzene rings is 1. The summed E-state index contributed by atoms with van der Waals surface area (Å²) in [6.07, 6.45) is 5.11. The van der Waals surface area contributed by atoms with E-state index >= 15 is 0 Å². The molecule has 1 aliphatic carbocycles. The van der Waals surface area contributed by atoms with E-state index in [2.05, 4.69) is 28.8 Å². The van der Waals surface area contributed by atoms with Crippen molar-refractivity contribution in [2.45, 2.75) is 37.1 Å². The lowest BCUT2D eigenvalue weighted by Gasteiger charge is -2.34. The zero-order valence-corrected chi connectivity index (χ0v) is 12.4. The van der Waals surface area contributed by atoms with Crippen molar-refractivity contribution in [3.63, 3.8) is 0 Å². The highest BCUT2D eigenvalue weighted by atomic mass is 32.2. The van der Waals surface area contributed by atoms with E-state index in [9.17, 15) is 4.79 Å². The third-order valence-corrected chi connectivity index (χ3v) is 6.06. The molecule has 1 amide bonds. The van der Waals surface area contributed by atoms with Gasteiger partial charge in [-0.3, -0.25) is 4.79 Å². The molecule has 2 aliphatic heterocycles. The third-order valence-electron chi connectivity index (χ3n) is 5.07. The first-order valence-corrected chi connectivity index (χ1v) is 8.64. The molecular weight excluding hydrogens is 268 g/mol. The molecular formula is C16H20N2OS. The van der Waals surface area contributed by atoms with Gasteiger partial charge in [0.2, 0.25) is 5.91 Å². The predicted molar refractivity (Wildman–Crippen MR) is 83.6 cm³/mol. The van der Waals surface area contributed by atoms with Crippen LogP contribution in [0.5, 0.6) is 0 Å². The Morgan fingerprint density at radius 2 is 2.05 bits per heavy atom. The first kappa shape index (κ1) is 12.6. The maximum Gasteiger partial charge on any atom is 0.248 e. The largest absolute Gasteiger partial charge is 0.367 e. The first-order chi connectivity index (χ1) is 9.70. The SMILES string of the molecule is NC(=O)c1ccc2c(c1)C1(CCSCC1)CN2C1CC1. The Bertz CT molecular complexity index is 562. The van der Waals surface area contributed by atoms with Gasteiger partial charge >= 0.3 is 0 Å². The first-order valence-electron chi connectivity index (χ1n) is 7.48. The molecule has 2 fully saturated rings. The van der Waals surface area contributed by atoms with Crippen molar-refractivity contribution in [3.05, 3.63) is 29.3 Å². The number of primary amides is 1. The molecule has 1 aromatic rings. The monoisotopic (exact) mass is 288 g/mol. The van der Waals surface area contributed by atoms with Crippen molar-refractivity contribution < 1.29 is 4.79 Å². The third kappa shape index (κ3) is 1.85. The van der Waals surface area contributed by atoms with Crippen LogP contribution < -0.4 is 10.6 Å². The van der Waals surface area contributed by atoms with Gasteiger partial charge in [-0.2, -0.15) is 11.8 Å². The summed E-state index contributed by atoms with van der Waals surface area (Å²) in [6.45, 7) is 1.15. The molecule has 4 heteroatoms. The molecule has 106 valence electrons. The van der Waals surface area contributed by atoms with Crippen LogP contribution in [0, 0.1) is 0 Å². The summed E-state index contributed by atoms with van der Waals surface area (Å²) < 4.78 is 0. The normalized spacial score (nSPS) is 23.9. The summed E-state index contributed by atoms with van der Waals surface area (Å²) >= 11 is 2.06. The van der Waals surface area contributed by atoms with E-state index in [1.165, 1.54) is 48.4 Å². The van der Waals surface area contributed by atoms with E-state index in [0.29, 0.717) is 5.56 Å². The molecule has 20 heavy (non-hydrogen) atoms.